The Labute approximate surface area is 104 Å². The van der Waals surface area contributed by atoms with E-state index in [9.17, 15) is 8.78 Å². The molecular weight excluding hydrogens is 236 g/mol. The van der Waals surface area contributed by atoms with Gasteiger partial charge in [-0.05, 0) is 25.1 Å². The van der Waals surface area contributed by atoms with Crippen LogP contribution in [0.15, 0.2) is 42.5 Å². The Bertz CT molecular complexity index is 555. The van der Waals surface area contributed by atoms with E-state index in [2.05, 4.69) is 0 Å². The lowest BCUT2D eigenvalue weighted by Gasteiger charge is -2.13. The molecule has 0 heterocycles. The molecule has 0 amide bonds. The van der Waals surface area contributed by atoms with Gasteiger partial charge in [-0.1, -0.05) is 18.2 Å². The Hall–Kier alpha value is -1.94. The largest absolute Gasteiger partial charge is 0.454 e. The highest BCUT2D eigenvalue weighted by atomic mass is 19.1. The average molecular weight is 249 g/mol. The molecule has 2 N–H and O–H groups in total. The summed E-state index contributed by atoms with van der Waals surface area (Å²) in [6.07, 6.45) is 0. The van der Waals surface area contributed by atoms with Crippen molar-refractivity contribution in [3.63, 3.8) is 0 Å². The summed E-state index contributed by atoms with van der Waals surface area (Å²) in [4.78, 5) is 0. The molecule has 0 aliphatic carbocycles. The second kappa shape index (κ2) is 5.14. The van der Waals surface area contributed by atoms with Gasteiger partial charge in [0.25, 0.3) is 0 Å². The maximum atomic E-state index is 13.5. The highest BCUT2D eigenvalue weighted by molar-refractivity contribution is 5.39. The lowest BCUT2D eigenvalue weighted by molar-refractivity contribution is 0.430. The first-order chi connectivity index (χ1) is 8.58. The van der Waals surface area contributed by atoms with Crippen LogP contribution in [0, 0.1) is 11.6 Å². The molecule has 0 bridgehead atoms. The summed E-state index contributed by atoms with van der Waals surface area (Å²) in [5, 5.41) is 0. The van der Waals surface area contributed by atoms with Gasteiger partial charge in [0.05, 0.1) is 0 Å². The van der Waals surface area contributed by atoms with Gasteiger partial charge in [0.2, 0.25) is 0 Å². The summed E-state index contributed by atoms with van der Waals surface area (Å²) in [7, 11) is 0. The fraction of sp³-hybridized carbons (Fsp3) is 0.143. The summed E-state index contributed by atoms with van der Waals surface area (Å²) in [6, 6.07) is 9.84. The minimum atomic E-state index is -0.615. The molecule has 2 aromatic rings. The molecule has 1 atom stereocenters. The lowest BCUT2D eigenvalue weighted by Crippen LogP contribution is -2.06. The van der Waals surface area contributed by atoms with Gasteiger partial charge >= 0.3 is 0 Å². The van der Waals surface area contributed by atoms with Crippen molar-refractivity contribution in [3.8, 4) is 11.5 Å². The number of ether oxygens (including phenoxy) is 1. The Kier molecular flexibility index (Phi) is 3.58. The monoisotopic (exact) mass is 249 g/mol. The molecule has 4 heteroatoms. The van der Waals surface area contributed by atoms with E-state index < -0.39 is 11.6 Å². The number of hydrogen-bond acceptors (Lipinski definition) is 2. The van der Waals surface area contributed by atoms with Crippen LogP contribution < -0.4 is 10.5 Å². The standard InChI is InChI=1S/C14H13F2NO/c1-9(17)11-4-2-3-5-13(11)18-14-8-10(15)6-7-12(14)16/h2-9H,17H2,1H3/t9-/m0/s1. The van der Waals surface area contributed by atoms with Gasteiger partial charge in [0.1, 0.15) is 11.6 Å². The predicted octanol–water partition coefficient (Wildman–Crippen LogP) is 3.78. The molecule has 18 heavy (non-hydrogen) atoms. The quantitative estimate of drug-likeness (QED) is 0.898. The Morgan fingerprint density at radius 2 is 1.78 bits per heavy atom. The van der Waals surface area contributed by atoms with E-state index >= 15 is 0 Å². The third kappa shape index (κ3) is 2.65. The molecule has 0 saturated carbocycles. The van der Waals surface area contributed by atoms with Gasteiger partial charge in [0, 0.05) is 17.7 Å². The molecule has 0 aromatic heterocycles. The molecule has 0 aliphatic rings. The van der Waals surface area contributed by atoms with Crippen LogP contribution in [0.3, 0.4) is 0 Å². The van der Waals surface area contributed by atoms with Crippen LogP contribution in [0.1, 0.15) is 18.5 Å². The summed E-state index contributed by atoms with van der Waals surface area (Å²) in [6.45, 7) is 1.80. The Morgan fingerprint density at radius 1 is 1.06 bits per heavy atom. The van der Waals surface area contributed by atoms with Crippen molar-refractivity contribution in [1.82, 2.24) is 0 Å². The van der Waals surface area contributed by atoms with Gasteiger partial charge in [-0.15, -0.1) is 0 Å². The third-order valence-electron chi connectivity index (χ3n) is 2.52. The van der Waals surface area contributed by atoms with E-state index in [1.54, 1.807) is 25.1 Å². The molecule has 2 rings (SSSR count). The highest BCUT2D eigenvalue weighted by Gasteiger charge is 2.11. The average Bonchev–Trinajstić information content (AvgIpc) is 2.34. The third-order valence-corrected chi connectivity index (χ3v) is 2.52. The normalized spacial score (nSPS) is 12.2. The number of halogens is 2. The van der Waals surface area contributed by atoms with E-state index in [1.165, 1.54) is 0 Å². The summed E-state index contributed by atoms with van der Waals surface area (Å²) >= 11 is 0. The molecule has 0 spiro atoms. The van der Waals surface area contributed by atoms with Crippen molar-refractivity contribution in [3.05, 3.63) is 59.7 Å². The number of nitrogens with two attached hydrogens (primary N) is 1. The zero-order valence-corrected chi connectivity index (χ0v) is 9.86. The van der Waals surface area contributed by atoms with Gasteiger partial charge in [0.15, 0.2) is 11.6 Å². The van der Waals surface area contributed by atoms with E-state index in [0.717, 1.165) is 23.8 Å². The van der Waals surface area contributed by atoms with Crippen molar-refractivity contribution >= 4 is 0 Å². The van der Waals surface area contributed by atoms with E-state index in [1.807, 2.05) is 6.07 Å². The van der Waals surface area contributed by atoms with E-state index in [0.29, 0.717) is 5.75 Å². The summed E-state index contributed by atoms with van der Waals surface area (Å²) in [5.74, 6) is -0.888. The first-order valence-electron chi connectivity index (χ1n) is 5.55. The van der Waals surface area contributed by atoms with Gasteiger partial charge in [-0.25, -0.2) is 8.78 Å². The molecular formula is C14H13F2NO. The smallest absolute Gasteiger partial charge is 0.165 e. The van der Waals surface area contributed by atoms with Gasteiger partial charge in [-0.2, -0.15) is 0 Å². The van der Waals surface area contributed by atoms with Gasteiger partial charge < -0.3 is 10.5 Å². The number of rotatable bonds is 3. The molecule has 0 saturated heterocycles. The highest BCUT2D eigenvalue weighted by Crippen LogP contribution is 2.30. The van der Waals surface area contributed by atoms with Crippen molar-refractivity contribution in [2.45, 2.75) is 13.0 Å². The van der Waals surface area contributed by atoms with Crippen molar-refractivity contribution in [1.29, 1.82) is 0 Å². The Balaban J connectivity index is 2.37. The molecule has 2 aromatic carbocycles. The van der Waals surface area contributed by atoms with Crippen molar-refractivity contribution < 1.29 is 13.5 Å². The molecule has 0 fully saturated rings. The number of benzene rings is 2. The van der Waals surface area contributed by atoms with Crippen LogP contribution in [-0.4, -0.2) is 0 Å². The zero-order chi connectivity index (χ0) is 13.1. The summed E-state index contributed by atoms with van der Waals surface area (Å²) in [5.41, 5.74) is 6.53. The second-order valence-electron chi connectivity index (χ2n) is 4.00. The minimum Gasteiger partial charge on any atom is -0.454 e. The minimum absolute atomic E-state index is 0.150. The van der Waals surface area contributed by atoms with Crippen LogP contribution in [0.25, 0.3) is 0 Å². The molecule has 0 aliphatic heterocycles. The van der Waals surface area contributed by atoms with Crippen LogP contribution >= 0.6 is 0 Å². The van der Waals surface area contributed by atoms with Crippen molar-refractivity contribution in [2.75, 3.05) is 0 Å². The van der Waals surface area contributed by atoms with Crippen LogP contribution in [0.4, 0.5) is 8.78 Å². The number of para-hydroxylation sites is 1. The molecule has 0 radical (unpaired) electrons. The van der Waals surface area contributed by atoms with Crippen LogP contribution in [0.5, 0.6) is 11.5 Å². The molecule has 94 valence electrons. The van der Waals surface area contributed by atoms with Crippen LogP contribution in [-0.2, 0) is 0 Å². The summed E-state index contributed by atoms with van der Waals surface area (Å²) < 4.78 is 31.9. The van der Waals surface area contributed by atoms with Crippen LogP contribution in [0.2, 0.25) is 0 Å². The van der Waals surface area contributed by atoms with Gasteiger partial charge in [-0.3, -0.25) is 0 Å². The maximum absolute atomic E-state index is 13.5. The Morgan fingerprint density at radius 3 is 2.50 bits per heavy atom. The molecule has 0 unspecified atom stereocenters. The fourth-order valence-electron chi connectivity index (χ4n) is 1.62. The number of hydrogen-bond donors (Lipinski definition) is 1. The second-order valence-corrected chi connectivity index (χ2v) is 4.00. The predicted molar refractivity (Wildman–Crippen MR) is 65.5 cm³/mol. The first-order valence-corrected chi connectivity index (χ1v) is 5.55. The fourth-order valence-corrected chi connectivity index (χ4v) is 1.62. The lowest BCUT2D eigenvalue weighted by atomic mass is 10.1. The van der Waals surface area contributed by atoms with Crippen molar-refractivity contribution in [2.24, 2.45) is 5.73 Å². The maximum Gasteiger partial charge on any atom is 0.165 e. The first kappa shape index (κ1) is 12.5. The topological polar surface area (TPSA) is 35.2 Å². The molecule has 2 nitrogen and oxygen atoms in total. The van der Waals surface area contributed by atoms with E-state index in [4.69, 9.17) is 10.5 Å². The SMILES string of the molecule is C[C@H](N)c1ccccc1Oc1cc(F)ccc1F. The van der Waals surface area contributed by atoms with E-state index in [-0.39, 0.29) is 11.8 Å². The zero-order valence-electron chi connectivity index (χ0n) is 9.86.